The molecule has 0 saturated carbocycles. The van der Waals surface area contributed by atoms with Crippen LogP contribution in [0.15, 0.2) is 30.3 Å². The first-order valence-electron chi connectivity index (χ1n) is 4.85. The van der Waals surface area contributed by atoms with E-state index in [4.69, 9.17) is 0 Å². The van der Waals surface area contributed by atoms with Crippen LogP contribution >= 0.6 is 17.0 Å². The molecule has 0 heterocycles. The Kier molecular flexibility index (Phi) is 6.45. The number of Topliss-reactive ketones (excluding diaryl/α,β-unsaturated/α-hetero) is 1. The van der Waals surface area contributed by atoms with E-state index in [9.17, 15) is 4.79 Å². The number of halogens is 1. The third-order valence-electron chi connectivity index (χ3n) is 2.14. The van der Waals surface area contributed by atoms with E-state index in [1.807, 2.05) is 56.3 Å². The summed E-state index contributed by atoms with van der Waals surface area (Å²) in [5.74, 6) is 0.284. The van der Waals surface area contributed by atoms with Crippen LogP contribution in [0.4, 0.5) is 0 Å². The lowest BCUT2D eigenvalue weighted by Crippen LogP contribution is -2.25. The van der Waals surface area contributed by atoms with Crippen molar-refractivity contribution in [2.24, 2.45) is 5.92 Å². The average Bonchev–Trinajstić information content (AvgIpc) is 2.17. The van der Waals surface area contributed by atoms with Gasteiger partial charge in [0.1, 0.15) is 0 Å². The van der Waals surface area contributed by atoms with Gasteiger partial charge in [0.15, 0.2) is 5.78 Å². The number of hydrogen-bond acceptors (Lipinski definition) is 2. The second-order valence-corrected chi connectivity index (χ2v) is 3.89. The maximum Gasteiger partial charge on any atom is 0.166 e. The van der Waals surface area contributed by atoms with E-state index in [0.717, 1.165) is 12.1 Å². The zero-order valence-electron chi connectivity index (χ0n) is 9.43. The van der Waals surface area contributed by atoms with Gasteiger partial charge in [0, 0.05) is 18.0 Å². The molecule has 0 bridgehead atoms. The monoisotopic (exact) mass is 271 g/mol. The van der Waals surface area contributed by atoms with Crippen LogP contribution in [-0.2, 0) is 0 Å². The van der Waals surface area contributed by atoms with Gasteiger partial charge in [-0.1, -0.05) is 37.3 Å². The predicted octanol–water partition coefficient (Wildman–Crippen LogP) is 2.64. The number of rotatable bonds is 4. The molecule has 15 heavy (non-hydrogen) atoms. The molecule has 0 aromatic heterocycles. The SMILES string of the molecule is Br.CC(CN(C)C)C(=O)c1ccccc1. The Bertz CT molecular complexity index is 298. The smallest absolute Gasteiger partial charge is 0.166 e. The van der Waals surface area contributed by atoms with Crippen LogP contribution < -0.4 is 0 Å². The van der Waals surface area contributed by atoms with Crippen LogP contribution in [0, 0.1) is 5.92 Å². The van der Waals surface area contributed by atoms with Crippen LogP contribution in [0.3, 0.4) is 0 Å². The molecule has 3 heteroatoms. The number of ketones is 1. The first-order valence-corrected chi connectivity index (χ1v) is 4.85. The molecule has 0 aliphatic carbocycles. The zero-order chi connectivity index (χ0) is 10.6. The Hall–Kier alpha value is -0.670. The minimum atomic E-state index is 0. The number of nitrogens with zero attached hydrogens (tertiary/aromatic N) is 1. The molecular weight excluding hydrogens is 254 g/mol. The normalized spacial score (nSPS) is 12.0. The van der Waals surface area contributed by atoms with Crippen LogP contribution in [-0.4, -0.2) is 31.3 Å². The van der Waals surface area contributed by atoms with Crippen LogP contribution in [0.2, 0.25) is 0 Å². The van der Waals surface area contributed by atoms with Gasteiger partial charge < -0.3 is 4.90 Å². The highest BCUT2D eigenvalue weighted by atomic mass is 79.9. The highest BCUT2D eigenvalue weighted by Gasteiger charge is 2.14. The molecule has 0 radical (unpaired) electrons. The van der Waals surface area contributed by atoms with Gasteiger partial charge in [-0.3, -0.25) is 4.79 Å². The summed E-state index contributed by atoms with van der Waals surface area (Å²) in [7, 11) is 3.96. The molecule has 0 N–H and O–H groups in total. The molecule has 0 aliphatic rings. The number of benzene rings is 1. The topological polar surface area (TPSA) is 20.3 Å². The number of carbonyl (C=O) groups excluding carboxylic acids is 1. The number of carbonyl (C=O) groups is 1. The van der Waals surface area contributed by atoms with Crippen LogP contribution in [0.25, 0.3) is 0 Å². The Morgan fingerprint density at radius 2 is 1.80 bits per heavy atom. The van der Waals surface area contributed by atoms with Gasteiger partial charge in [0.05, 0.1) is 0 Å². The molecule has 0 fully saturated rings. The van der Waals surface area contributed by atoms with Crippen molar-refractivity contribution in [2.75, 3.05) is 20.6 Å². The minimum Gasteiger partial charge on any atom is -0.309 e. The molecule has 1 aromatic carbocycles. The lowest BCUT2D eigenvalue weighted by Gasteiger charge is -2.15. The van der Waals surface area contributed by atoms with Gasteiger partial charge in [-0.05, 0) is 14.1 Å². The van der Waals surface area contributed by atoms with E-state index in [2.05, 4.69) is 0 Å². The Morgan fingerprint density at radius 1 is 1.27 bits per heavy atom. The fraction of sp³-hybridized carbons (Fsp3) is 0.417. The second kappa shape index (κ2) is 6.75. The molecule has 2 nitrogen and oxygen atoms in total. The first kappa shape index (κ1) is 14.3. The van der Waals surface area contributed by atoms with Crippen molar-refractivity contribution in [1.82, 2.24) is 4.90 Å². The van der Waals surface area contributed by atoms with E-state index in [1.165, 1.54) is 0 Å². The Balaban J connectivity index is 0.00000196. The molecule has 0 spiro atoms. The zero-order valence-corrected chi connectivity index (χ0v) is 11.1. The highest BCUT2D eigenvalue weighted by Crippen LogP contribution is 2.08. The third kappa shape index (κ3) is 4.58. The maximum atomic E-state index is 11.9. The molecule has 1 atom stereocenters. The molecule has 0 saturated heterocycles. The molecule has 0 amide bonds. The van der Waals surface area contributed by atoms with E-state index < -0.39 is 0 Å². The summed E-state index contributed by atoms with van der Waals surface area (Å²) in [6, 6.07) is 9.46. The van der Waals surface area contributed by atoms with Crippen molar-refractivity contribution in [3.63, 3.8) is 0 Å². The van der Waals surface area contributed by atoms with E-state index in [0.29, 0.717) is 0 Å². The van der Waals surface area contributed by atoms with Gasteiger partial charge in [0.2, 0.25) is 0 Å². The summed E-state index contributed by atoms with van der Waals surface area (Å²) in [5, 5.41) is 0. The summed E-state index contributed by atoms with van der Waals surface area (Å²) in [5.41, 5.74) is 0.807. The highest BCUT2D eigenvalue weighted by molar-refractivity contribution is 8.93. The van der Waals surface area contributed by atoms with Crippen LogP contribution in [0.1, 0.15) is 17.3 Å². The van der Waals surface area contributed by atoms with E-state index in [-0.39, 0.29) is 28.7 Å². The van der Waals surface area contributed by atoms with Crippen molar-refractivity contribution in [3.05, 3.63) is 35.9 Å². The standard InChI is InChI=1S/C12H17NO.BrH/c1-10(9-13(2)3)12(14)11-7-5-4-6-8-11;/h4-8,10H,9H2,1-3H3;1H. The van der Waals surface area contributed by atoms with Crippen LogP contribution in [0.5, 0.6) is 0 Å². The fourth-order valence-electron chi connectivity index (χ4n) is 1.52. The fourth-order valence-corrected chi connectivity index (χ4v) is 1.52. The van der Waals surface area contributed by atoms with E-state index >= 15 is 0 Å². The minimum absolute atomic E-state index is 0. The van der Waals surface area contributed by atoms with Gasteiger partial charge in [0.25, 0.3) is 0 Å². The van der Waals surface area contributed by atoms with Crippen molar-refractivity contribution < 1.29 is 4.79 Å². The summed E-state index contributed by atoms with van der Waals surface area (Å²) in [6.45, 7) is 2.77. The maximum absolute atomic E-state index is 11.9. The lowest BCUT2D eigenvalue weighted by atomic mass is 9.99. The second-order valence-electron chi connectivity index (χ2n) is 3.89. The summed E-state index contributed by atoms with van der Waals surface area (Å²) >= 11 is 0. The largest absolute Gasteiger partial charge is 0.309 e. The van der Waals surface area contributed by atoms with Gasteiger partial charge >= 0.3 is 0 Å². The van der Waals surface area contributed by atoms with Gasteiger partial charge in [-0.2, -0.15) is 0 Å². The van der Waals surface area contributed by atoms with Crippen molar-refractivity contribution in [3.8, 4) is 0 Å². The van der Waals surface area contributed by atoms with Crippen molar-refractivity contribution >= 4 is 22.8 Å². The molecule has 84 valence electrons. The average molecular weight is 272 g/mol. The Morgan fingerprint density at radius 3 is 2.27 bits per heavy atom. The molecular formula is C12H18BrNO. The van der Waals surface area contributed by atoms with Crippen molar-refractivity contribution in [1.29, 1.82) is 0 Å². The summed E-state index contributed by atoms with van der Waals surface area (Å²) in [4.78, 5) is 13.9. The number of hydrogen-bond donors (Lipinski definition) is 0. The predicted molar refractivity (Wildman–Crippen MR) is 68.8 cm³/mol. The third-order valence-corrected chi connectivity index (χ3v) is 2.14. The van der Waals surface area contributed by atoms with Gasteiger partial charge in [-0.25, -0.2) is 0 Å². The van der Waals surface area contributed by atoms with E-state index in [1.54, 1.807) is 0 Å². The molecule has 1 unspecified atom stereocenters. The molecule has 0 aliphatic heterocycles. The quantitative estimate of drug-likeness (QED) is 0.785. The summed E-state index contributed by atoms with van der Waals surface area (Å²) in [6.07, 6.45) is 0. The molecule has 1 rings (SSSR count). The Labute approximate surface area is 102 Å². The van der Waals surface area contributed by atoms with Gasteiger partial charge in [-0.15, -0.1) is 17.0 Å². The summed E-state index contributed by atoms with van der Waals surface area (Å²) < 4.78 is 0. The van der Waals surface area contributed by atoms with Crippen molar-refractivity contribution in [2.45, 2.75) is 6.92 Å². The lowest BCUT2D eigenvalue weighted by molar-refractivity contribution is 0.0910. The first-order chi connectivity index (χ1) is 6.61. The molecule has 1 aromatic rings.